The van der Waals surface area contributed by atoms with Crippen molar-refractivity contribution in [3.8, 4) is 5.75 Å². The van der Waals surface area contributed by atoms with E-state index in [-0.39, 0.29) is 12.1 Å². The monoisotopic (exact) mass is 319 g/mol. The van der Waals surface area contributed by atoms with Crippen molar-refractivity contribution in [2.24, 2.45) is 5.73 Å². The van der Waals surface area contributed by atoms with E-state index < -0.39 is 0 Å². The fourth-order valence-electron chi connectivity index (χ4n) is 2.01. The molecule has 2 unspecified atom stereocenters. The average Bonchev–Trinajstić information content (AvgIpc) is 2.35. The third-order valence-electron chi connectivity index (χ3n) is 2.91. The molecule has 0 spiro atoms. The number of benzene rings is 2. The van der Waals surface area contributed by atoms with Gasteiger partial charge in [-0.05, 0) is 37.6 Å². The molecule has 0 radical (unpaired) electrons. The maximum Gasteiger partial charge on any atom is 0.138 e. The molecule has 0 saturated carbocycles. The van der Waals surface area contributed by atoms with Gasteiger partial charge in [0.25, 0.3) is 0 Å². The molecule has 2 N–H and O–H groups in total. The quantitative estimate of drug-likeness (QED) is 0.915. The minimum atomic E-state index is -0.144. The van der Waals surface area contributed by atoms with E-state index in [0.29, 0.717) is 0 Å². The molecule has 0 amide bonds. The first-order valence-corrected chi connectivity index (χ1v) is 7.10. The predicted molar refractivity (Wildman–Crippen MR) is 82.3 cm³/mol. The molecule has 19 heavy (non-hydrogen) atoms. The number of halogens is 1. The molecule has 0 aliphatic heterocycles. The third kappa shape index (κ3) is 3.82. The Morgan fingerprint density at radius 3 is 2.47 bits per heavy atom. The largest absolute Gasteiger partial charge is 0.484 e. The Morgan fingerprint density at radius 1 is 1.11 bits per heavy atom. The second-order valence-electron chi connectivity index (χ2n) is 4.77. The molecular formula is C16H18BrNO. The zero-order valence-corrected chi connectivity index (χ0v) is 12.7. The summed E-state index contributed by atoms with van der Waals surface area (Å²) in [5.74, 6) is 0.818. The Balaban J connectivity index is 2.26. The van der Waals surface area contributed by atoms with Crippen LogP contribution in [0.2, 0.25) is 0 Å². The maximum atomic E-state index is 6.07. The summed E-state index contributed by atoms with van der Waals surface area (Å²) < 4.78 is 7.04. The van der Waals surface area contributed by atoms with Crippen LogP contribution in [0.4, 0.5) is 0 Å². The first-order chi connectivity index (χ1) is 9.06. The van der Waals surface area contributed by atoms with E-state index in [1.165, 1.54) is 5.56 Å². The first kappa shape index (κ1) is 14.1. The Kier molecular flexibility index (Phi) is 4.61. The lowest BCUT2D eigenvalue weighted by atomic mass is 10.0. The average molecular weight is 320 g/mol. The van der Waals surface area contributed by atoms with Crippen LogP contribution in [-0.4, -0.2) is 6.04 Å². The van der Waals surface area contributed by atoms with Crippen LogP contribution in [0.25, 0.3) is 0 Å². The SMILES string of the molecule is Cc1cccc(C(Oc2cccc(Br)c2)C(C)N)c1. The van der Waals surface area contributed by atoms with E-state index in [0.717, 1.165) is 15.8 Å². The van der Waals surface area contributed by atoms with Gasteiger partial charge >= 0.3 is 0 Å². The highest BCUT2D eigenvalue weighted by Gasteiger charge is 2.18. The minimum absolute atomic E-state index is 0.0826. The molecule has 0 fully saturated rings. The van der Waals surface area contributed by atoms with Gasteiger partial charge in [0.05, 0.1) is 0 Å². The molecule has 2 aromatic rings. The summed E-state index contributed by atoms with van der Waals surface area (Å²) in [7, 11) is 0. The first-order valence-electron chi connectivity index (χ1n) is 6.30. The lowest BCUT2D eigenvalue weighted by Crippen LogP contribution is -2.29. The molecule has 0 heterocycles. The summed E-state index contributed by atoms with van der Waals surface area (Å²) in [5, 5.41) is 0. The molecule has 2 rings (SSSR count). The molecule has 2 atom stereocenters. The van der Waals surface area contributed by atoms with Gasteiger partial charge in [0.2, 0.25) is 0 Å². The molecule has 100 valence electrons. The summed E-state index contributed by atoms with van der Waals surface area (Å²) in [6, 6.07) is 16.0. The van der Waals surface area contributed by atoms with Gasteiger partial charge in [-0.3, -0.25) is 0 Å². The van der Waals surface area contributed by atoms with Crippen LogP contribution in [0.1, 0.15) is 24.2 Å². The van der Waals surface area contributed by atoms with Crippen molar-refractivity contribution in [2.45, 2.75) is 26.0 Å². The Bertz CT molecular complexity index is 554. The third-order valence-corrected chi connectivity index (χ3v) is 3.40. The van der Waals surface area contributed by atoms with Gasteiger partial charge in [-0.15, -0.1) is 0 Å². The van der Waals surface area contributed by atoms with E-state index in [4.69, 9.17) is 10.5 Å². The number of hydrogen-bond donors (Lipinski definition) is 1. The minimum Gasteiger partial charge on any atom is -0.484 e. The number of nitrogens with two attached hydrogens (primary N) is 1. The van der Waals surface area contributed by atoms with Gasteiger partial charge in [0.15, 0.2) is 0 Å². The smallest absolute Gasteiger partial charge is 0.138 e. The van der Waals surface area contributed by atoms with Crippen LogP contribution in [0.15, 0.2) is 53.0 Å². The molecule has 3 heteroatoms. The lowest BCUT2D eigenvalue weighted by molar-refractivity contribution is 0.180. The highest BCUT2D eigenvalue weighted by molar-refractivity contribution is 9.10. The number of hydrogen-bond acceptors (Lipinski definition) is 2. The lowest BCUT2D eigenvalue weighted by Gasteiger charge is -2.23. The Hall–Kier alpha value is -1.32. The Morgan fingerprint density at radius 2 is 1.84 bits per heavy atom. The van der Waals surface area contributed by atoms with E-state index in [1.54, 1.807) is 0 Å². The van der Waals surface area contributed by atoms with E-state index in [9.17, 15) is 0 Å². The molecule has 0 bridgehead atoms. The fraction of sp³-hybridized carbons (Fsp3) is 0.250. The zero-order chi connectivity index (χ0) is 13.8. The van der Waals surface area contributed by atoms with Gasteiger partial charge in [-0.2, -0.15) is 0 Å². The van der Waals surface area contributed by atoms with Crippen molar-refractivity contribution in [3.05, 3.63) is 64.1 Å². The van der Waals surface area contributed by atoms with Gasteiger partial charge < -0.3 is 10.5 Å². The zero-order valence-electron chi connectivity index (χ0n) is 11.1. The van der Waals surface area contributed by atoms with E-state index in [2.05, 4.69) is 41.1 Å². The maximum absolute atomic E-state index is 6.07. The molecule has 0 aliphatic carbocycles. The molecule has 0 aliphatic rings. The number of aryl methyl sites for hydroxylation is 1. The Labute approximate surface area is 122 Å². The van der Waals surface area contributed by atoms with Crippen LogP contribution in [0, 0.1) is 6.92 Å². The van der Waals surface area contributed by atoms with Crippen LogP contribution in [-0.2, 0) is 0 Å². The van der Waals surface area contributed by atoms with Gasteiger partial charge in [-0.1, -0.05) is 51.8 Å². The van der Waals surface area contributed by atoms with Crippen molar-refractivity contribution < 1.29 is 4.74 Å². The molecule has 0 aromatic heterocycles. The predicted octanol–water partition coefficient (Wildman–Crippen LogP) is 4.22. The van der Waals surface area contributed by atoms with Crippen molar-refractivity contribution >= 4 is 15.9 Å². The summed E-state index contributed by atoms with van der Waals surface area (Å²) in [6.45, 7) is 4.03. The summed E-state index contributed by atoms with van der Waals surface area (Å²) in [5.41, 5.74) is 8.38. The summed E-state index contributed by atoms with van der Waals surface area (Å²) in [6.07, 6.45) is -0.144. The van der Waals surface area contributed by atoms with E-state index in [1.807, 2.05) is 37.3 Å². The van der Waals surface area contributed by atoms with Gasteiger partial charge in [-0.25, -0.2) is 0 Å². The fourth-order valence-corrected chi connectivity index (χ4v) is 2.39. The molecule has 2 aromatic carbocycles. The number of rotatable bonds is 4. The standard InChI is InChI=1S/C16H18BrNO/c1-11-5-3-6-13(9-11)16(12(2)18)19-15-8-4-7-14(17)10-15/h3-10,12,16H,18H2,1-2H3. The summed E-state index contributed by atoms with van der Waals surface area (Å²) in [4.78, 5) is 0. The normalized spacial score (nSPS) is 13.9. The second kappa shape index (κ2) is 6.22. The van der Waals surface area contributed by atoms with Crippen LogP contribution >= 0.6 is 15.9 Å². The van der Waals surface area contributed by atoms with Gasteiger partial charge in [0.1, 0.15) is 11.9 Å². The molecule has 0 saturated heterocycles. The van der Waals surface area contributed by atoms with Crippen LogP contribution in [0.3, 0.4) is 0 Å². The number of ether oxygens (including phenoxy) is 1. The highest BCUT2D eigenvalue weighted by atomic mass is 79.9. The van der Waals surface area contributed by atoms with Crippen LogP contribution < -0.4 is 10.5 Å². The second-order valence-corrected chi connectivity index (χ2v) is 5.68. The van der Waals surface area contributed by atoms with E-state index >= 15 is 0 Å². The van der Waals surface area contributed by atoms with Crippen LogP contribution in [0.5, 0.6) is 5.75 Å². The topological polar surface area (TPSA) is 35.2 Å². The van der Waals surface area contributed by atoms with Crippen molar-refractivity contribution in [1.29, 1.82) is 0 Å². The molecular weight excluding hydrogens is 302 g/mol. The molecule has 2 nitrogen and oxygen atoms in total. The summed E-state index contributed by atoms with van der Waals surface area (Å²) >= 11 is 3.45. The van der Waals surface area contributed by atoms with Crippen molar-refractivity contribution in [1.82, 2.24) is 0 Å². The van der Waals surface area contributed by atoms with Crippen molar-refractivity contribution in [3.63, 3.8) is 0 Å². The highest BCUT2D eigenvalue weighted by Crippen LogP contribution is 2.26. The van der Waals surface area contributed by atoms with Gasteiger partial charge in [0, 0.05) is 10.5 Å². The van der Waals surface area contributed by atoms with Crippen molar-refractivity contribution in [2.75, 3.05) is 0 Å².